The number of carbonyl (C=O) groups excluding carboxylic acids is 2. The Bertz CT molecular complexity index is 338. The molecule has 0 atom stereocenters. The van der Waals surface area contributed by atoms with Crippen LogP contribution in [0.5, 0.6) is 0 Å². The van der Waals surface area contributed by atoms with E-state index in [1.54, 1.807) is 0 Å². The molecular weight excluding hydrogens is 298 g/mol. The van der Waals surface area contributed by atoms with E-state index in [2.05, 4.69) is 11.7 Å². The molecule has 0 aromatic carbocycles. The fraction of sp³-hybridized carbons (Fsp3) is 0.882. The number of hydrogen-bond donors (Lipinski definition) is 0. The number of amides is 1. The van der Waals surface area contributed by atoms with Gasteiger partial charge in [0.15, 0.2) is 0 Å². The van der Waals surface area contributed by atoms with E-state index >= 15 is 0 Å². The second-order valence-corrected chi connectivity index (χ2v) is 6.47. The monoisotopic (exact) mass is 331 g/mol. The number of carbonyl (C=O) groups is 2. The summed E-state index contributed by atoms with van der Waals surface area (Å²) >= 11 is 0. The molecule has 6 heteroatoms. The molecule has 0 N–H and O–H groups in total. The summed E-state index contributed by atoms with van der Waals surface area (Å²) in [7, 11) is 1.34. The minimum absolute atomic E-state index is 0.160. The van der Waals surface area contributed by atoms with Gasteiger partial charge < -0.3 is 19.1 Å². The average Bonchev–Trinajstić information content (AvgIpc) is 2.46. The van der Waals surface area contributed by atoms with Gasteiger partial charge in [-0.05, 0) is 33.6 Å². The molecule has 136 valence electrons. The molecule has 0 aromatic heterocycles. The lowest BCUT2D eigenvalue weighted by molar-refractivity contribution is -0.140. The second-order valence-electron chi connectivity index (χ2n) is 6.47. The van der Waals surface area contributed by atoms with Gasteiger partial charge in [-0.1, -0.05) is 19.8 Å². The Labute approximate surface area is 140 Å². The third-order valence-corrected chi connectivity index (χ3v) is 3.07. The van der Waals surface area contributed by atoms with Crippen LogP contribution in [-0.2, 0) is 19.0 Å². The minimum Gasteiger partial charge on any atom is -0.469 e. The molecule has 0 aliphatic carbocycles. The molecule has 0 bridgehead atoms. The maximum Gasteiger partial charge on any atom is 0.410 e. The summed E-state index contributed by atoms with van der Waals surface area (Å²) in [5.41, 5.74) is -0.558. The summed E-state index contributed by atoms with van der Waals surface area (Å²) in [5, 5.41) is 0. The van der Waals surface area contributed by atoms with Crippen molar-refractivity contribution < 1.29 is 23.8 Å². The van der Waals surface area contributed by atoms with Gasteiger partial charge in [-0.3, -0.25) is 4.79 Å². The van der Waals surface area contributed by atoms with Crippen molar-refractivity contribution in [1.29, 1.82) is 0 Å². The maximum atomic E-state index is 12.2. The van der Waals surface area contributed by atoms with E-state index in [1.165, 1.54) is 24.9 Å². The zero-order valence-electron chi connectivity index (χ0n) is 15.4. The van der Waals surface area contributed by atoms with Gasteiger partial charge in [-0.2, -0.15) is 0 Å². The van der Waals surface area contributed by atoms with Gasteiger partial charge in [-0.15, -0.1) is 0 Å². The van der Waals surface area contributed by atoms with Crippen molar-refractivity contribution in [2.75, 3.05) is 33.4 Å². The Morgan fingerprint density at radius 1 is 1.00 bits per heavy atom. The molecule has 0 rings (SSSR count). The largest absolute Gasteiger partial charge is 0.469 e. The zero-order chi connectivity index (χ0) is 17.7. The SMILES string of the molecule is CCCCCOCCCN(CCC(=O)OC)C(=O)OC(C)(C)C. The minimum atomic E-state index is -0.558. The molecule has 6 nitrogen and oxygen atoms in total. The van der Waals surface area contributed by atoms with Crippen molar-refractivity contribution in [3.63, 3.8) is 0 Å². The highest BCUT2D eigenvalue weighted by atomic mass is 16.6. The Balaban J connectivity index is 4.21. The zero-order valence-corrected chi connectivity index (χ0v) is 15.4. The standard InChI is InChI=1S/C17H33NO5/c1-6-7-8-13-22-14-9-11-18(12-10-15(19)21-5)16(20)23-17(2,3)4/h6-14H2,1-5H3. The lowest BCUT2D eigenvalue weighted by atomic mass is 10.2. The van der Waals surface area contributed by atoms with E-state index in [0.29, 0.717) is 19.6 Å². The van der Waals surface area contributed by atoms with E-state index in [-0.39, 0.29) is 18.9 Å². The molecular formula is C17H33NO5. The van der Waals surface area contributed by atoms with Gasteiger partial charge in [0.2, 0.25) is 0 Å². The van der Waals surface area contributed by atoms with Gasteiger partial charge >= 0.3 is 12.1 Å². The average molecular weight is 331 g/mol. The lowest BCUT2D eigenvalue weighted by Gasteiger charge is -2.27. The van der Waals surface area contributed by atoms with Crippen LogP contribution >= 0.6 is 0 Å². The summed E-state index contributed by atoms with van der Waals surface area (Å²) < 4.78 is 15.5. The number of esters is 1. The number of unbranched alkanes of at least 4 members (excludes halogenated alkanes) is 2. The quantitative estimate of drug-likeness (QED) is 0.429. The number of hydrogen-bond acceptors (Lipinski definition) is 5. The van der Waals surface area contributed by atoms with Crippen molar-refractivity contribution >= 4 is 12.1 Å². The van der Waals surface area contributed by atoms with Crippen LogP contribution < -0.4 is 0 Å². The number of rotatable bonds is 11. The number of methoxy groups -OCH3 is 1. The maximum absolute atomic E-state index is 12.2. The van der Waals surface area contributed by atoms with Crippen LogP contribution in [-0.4, -0.2) is 56.0 Å². The van der Waals surface area contributed by atoms with Gasteiger partial charge in [0.25, 0.3) is 0 Å². The smallest absolute Gasteiger partial charge is 0.410 e. The summed E-state index contributed by atoms with van der Waals surface area (Å²) in [6, 6.07) is 0. The highest BCUT2D eigenvalue weighted by Gasteiger charge is 2.22. The lowest BCUT2D eigenvalue weighted by Crippen LogP contribution is -2.39. The van der Waals surface area contributed by atoms with E-state index < -0.39 is 11.7 Å². The van der Waals surface area contributed by atoms with Crippen molar-refractivity contribution in [3.05, 3.63) is 0 Å². The van der Waals surface area contributed by atoms with Crippen molar-refractivity contribution in [2.24, 2.45) is 0 Å². The first kappa shape index (κ1) is 21.7. The molecule has 23 heavy (non-hydrogen) atoms. The summed E-state index contributed by atoms with van der Waals surface area (Å²) in [4.78, 5) is 25.0. The Morgan fingerprint density at radius 3 is 2.22 bits per heavy atom. The fourth-order valence-electron chi connectivity index (χ4n) is 1.86. The topological polar surface area (TPSA) is 65.1 Å². The van der Waals surface area contributed by atoms with Gasteiger partial charge in [0, 0.05) is 26.3 Å². The molecule has 0 aliphatic rings. The molecule has 0 radical (unpaired) electrons. The van der Waals surface area contributed by atoms with Crippen LogP contribution in [0.3, 0.4) is 0 Å². The highest BCUT2D eigenvalue weighted by molar-refractivity contribution is 5.72. The molecule has 0 aliphatic heterocycles. The highest BCUT2D eigenvalue weighted by Crippen LogP contribution is 2.11. The number of nitrogens with zero attached hydrogens (tertiary/aromatic N) is 1. The first-order valence-electron chi connectivity index (χ1n) is 8.42. The van der Waals surface area contributed by atoms with Gasteiger partial charge in [0.05, 0.1) is 13.5 Å². The fourth-order valence-corrected chi connectivity index (χ4v) is 1.86. The molecule has 0 fully saturated rings. The van der Waals surface area contributed by atoms with E-state index in [9.17, 15) is 9.59 Å². The van der Waals surface area contributed by atoms with E-state index in [0.717, 1.165) is 13.0 Å². The van der Waals surface area contributed by atoms with Crippen LogP contribution in [0.4, 0.5) is 4.79 Å². The summed E-state index contributed by atoms with van der Waals surface area (Å²) in [6.07, 6.45) is 3.87. The first-order chi connectivity index (χ1) is 10.8. The molecule has 0 aromatic rings. The Kier molecular flexibility index (Phi) is 11.5. The van der Waals surface area contributed by atoms with Crippen LogP contribution in [0, 0.1) is 0 Å². The molecule has 0 heterocycles. The van der Waals surface area contributed by atoms with Crippen LogP contribution in [0.25, 0.3) is 0 Å². The van der Waals surface area contributed by atoms with E-state index in [4.69, 9.17) is 9.47 Å². The number of ether oxygens (including phenoxy) is 3. The Morgan fingerprint density at radius 2 is 1.65 bits per heavy atom. The summed E-state index contributed by atoms with van der Waals surface area (Å²) in [5.74, 6) is -0.339. The third-order valence-electron chi connectivity index (χ3n) is 3.07. The van der Waals surface area contributed by atoms with Crippen LogP contribution in [0.1, 0.15) is 59.8 Å². The molecule has 0 spiro atoms. The van der Waals surface area contributed by atoms with Crippen LogP contribution in [0.15, 0.2) is 0 Å². The van der Waals surface area contributed by atoms with E-state index in [1.807, 2.05) is 20.8 Å². The summed E-state index contributed by atoms with van der Waals surface area (Å²) in [6.45, 7) is 9.75. The van der Waals surface area contributed by atoms with Crippen LogP contribution in [0.2, 0.25) is 0 Å². The predicted molar refractivity (Wildman–Crippen MR) is 89.4 cm³/mol. The predicted octanol–water partition coefficient (Wildman–Crippen LogP) is 3.38. The van der Waals surface area contributed by atoms with Crippen molar-refractivity contribution in [2.45, 2.75) is 65.4 Å². The molecule has 0 saturated carbocycles. The Hall–Kier alpha value is -1.30. The second kappa shape index (κ2) is 12.2. The third kappa shape index (κ3) is 12.9. The van der Waals surface area contributed by atoms with Crippen molar-refractivity contribution in [1.82, 2.24) is 4.90 Å². The van der Waals surface area contributed by atoms with Crippen molar-refractivity contribution in [3.8, 4) is 0 Å². The molecule has 0 unspecified atom stereocenters. The normalized spacial score (nSPS) is 11.2. The first-order valence-corrected chi connectivity index (χ1v) is 8.42. The molecule has 0 saturated heterocycles. The molecule has 1 amide bonds. The van der Waals surface area contributed by atoms with Gasteiger partial charge in [-0.25, -0.2) is 4.79 Å². The van der Waals surface area contributed by atoms with Gasteiger partial charge in [0.1, 0.15) is 5.60 Å².